The van der Waals surface area contributed by atoms with Gasteiger partial charge in [0.2, 0.25) is 5.91 Å². The van der Waals surface area contributed by atoms with Gasteiger partial charge < -0.3 is 19.5 Å². The molecule has 6 nitrogen and oxygen atoms in total. The number of anilines is 1. The summed E-state index contributed by atoms with van der Waals surface area (Å²) < 4.78 is 15.8. The van der Waals surface area contributed by atoms with Crippen molar-refractivity contribution in [2.24, 2.45) is 0 Å². The fourth-order valence-electron chi connectivity index (χ4n) is 1.99. The molecule has 0 aliphatic carbocycles. The maximum absolute atomic E-state index is 11.7. The van der Waals surface area contributed by atoms with Gasteiger partial charge in [-0.1, -0.05) is 18.2 Å². The van der Waals surface area contributed by atoms with E-state index in [9.17, 15) is 9.59 Å². The van der Waals surface area contributed by atoms with E-state index in [2.05, 4.69) is 5.32 Å². The molecule has 2 aromatic rings. The van der Waals surface area contributed by atoms with Gasteiger partial charge in [0.25, 0.3) is 0 Å². The van der Waals surface area contributed by atoms with Gasteiger partial charge in [0, 0.05) is 17.8 Å². The lowest BCUT2D eigenvalue weighted by molar-refractivity contribution is -0.137. The van der Waals surface area contributed by atoms with E-state index in [0.29, 0.717) is 24.7 Å². The van der Waals surface area contributed by atoms with E-state index in [4.69, 9.17) is 14.2 Å². The van der Waals surface area contributed by atoms with Crippen LogP contribution >= 0.6 is 0 Å². The summed E-state index contributed by atoms with van der Waals surface area (Å²) in [5.41, 5.74) is 0.594. The molecule has 136 valence electrons. The Balaban J connectivity index is 1.72. The number of carbonyl (C=O) groups excluding carboxylic acids is 2. The maximum Gasteiger partial charge on any atom is 0.330 e. The third-order valence-electron chi connectivity index (χ3n) is 3.14. The largest absolute Gasteiger partial charge is 0.490 e. The number of amides is 1. The summed E-state index contributed by atoms with van der Waals surface area (Å²) in [6.07, 6.45) is 2.21. The minimum atomic E-state index is -0.552. The maximum atomic E-state index is 11.7. The molecule has 26 heavy (non-hydrogen) atoms. The number of para-hydroxylation sites is 1. The van der Waals surface area contributed by atoms with Gasteiger partial charge in [0.1, 0.15) is 24.7 Å². The highest BCUT2D eigenvalue weighted by atomic mass is 16.5. The zero-order chi connectivity index (χ0) is 18.6. The van der Waals surface area contributed by atoms with Crippen LogP contribution in [0.1, 0.15) is 6.92 Å². The number of rotatable bonds is 9. The van der Waals surface area contributed by atoms with Crippen molar-refractivity contribution >= 4 is 17.6 Å². The Bertz CT molecular complexity index is 726. The summed E-state index contributed by atoms with van der Waals surface area (Å²) in [4.78, 5) is 22.8. The highest BCUT2D eigenvalue weighted by Gasteiger charge is 2.01. The first kappa shape index (κ1) is 19.1. The average Bonchev–Trinajstić information content (AvgIpc) is 2.66. The Kier molecular flexibility index (Phi) is 7.74. The van der Waals surface area contributed by atoms with Crippen molar-refractivity contribution in [2.45, 2.75) is 6.92 Å². The number of hydrogen-bond acceptors (Lipinski definition) is 5. The molecular formula is C20H21NO5. The van der Waals surface area contributed by atoms with Crippen LogP contribution in [-0.4, -0.2) is 31.7 Å². The SMILES string of the molecule is CCOC(=O)C=CC(=O)Nc1ccc(OCCOc2ccccc2)cc1. The van der Waals surface area contributed by atoms with Crippen molar-refractivity contribution in [2.75, 3.05) is 25.1 Å². The smallest absolute Gasteiger partial charge is 0.330 e. The van der Waals surface area contributed by atoms with E-state index in [1.807, 2.05) is 30.3 Å². The molecule has 2 aromatic carbocycles. The summed E-state index contributed by atoms with van der Waals surface area (Å²) in [6.45, 7) is 2.80. The van der Waals surface area contributed by atoms with Crippen molar-refractivity contribution in [1.29, 1.82) is 0 Å². The molecular weight excluding hydrogens is 334 g/mol. The van der Waals surface area contributed by atoms with Gasteiger partial charge >= 0.3 is 5.97 Å². The Hall–Kier alpha value is -3.28. The Morgan fingerprint density at radius 2 is 1.50 bits per heavy atom. The molecule has 0 spiro atoms. The number of carbonyl (C=O) groups is 2. The molecule has 0 bridgehead atoms. The van der Waals surface area contributed by atoms with E-state index in [1.54, 1.807) is 31.2 Å². The molecule has 1 amide bonds. The van der Waals surface area contributed by atoms with E-state index in [1.165, 1.54) is 0 Å². The van der Waals surface area contributed by atoms with Gasteiger partial charge in [-0.05, 0) is 43.3 Å². The van der Waals surface area contributed by atoms with Crippen LogP contribution in [0.3, 0.4) is 0 Å². The molecule has 0 radical (unpaired) electrons. The minimum Gasteiger partial charge on any atom is -0.490 e. The van der Waals surface area contributed by atoms with Crippen LogP contribution in [0.5, 0.6) is 11.5 Å². The molecule has 0 unspecified atom stereocenters. The average molecular weight is 355 g/mol. The normalized spacial score (nSPS) is 10.3. The number of benzene rings is 2. The quantitative estimate of drug-likeness (QED) is 0.425. The zero-order valence-corrected chi connectivity index (χ0v) is 14.5. The molecule has 0 aromatic heterocycles. The van der Waals surface area contributed by atoms with Gasteiger partial charge in [-0.2, -0.15) is 0 Å². The monoisotopic (exact) mass is 355 g/mol. The second-order valence-electron chi connectivity index (χ2n) is 5.11. The van der Waals surface area contributed by atoms with Crippen LogP contribution in [0, 0.1) is 0 Å². The van der Waals surface area contributed by atoms with Crippen molar-refractivity contribution in [3.63, 3.8) is 0 Å². The van der Waals surface area contributed by atoms with E-state index in [0.717, 1.165) is 17.9 Å². The van der Waals surface area contributed by atoms with Crippen LogP contribution in [0.25, 0.3) is 0 Å². The third-order valence-corrected chi connectivity index (χ3v) is 3.14. The lowest BCUT2D eigenvalue weighted by Gasteiger charge is -2.09. The van der Waals surface area contributed by atoms with E-state index < -0.39 is 11.9 Å². The fraction of sp³-hybridized carbons (Fsp3) is 0.200. The molecule has 0 saturated carbocycles. The molecule has 0 atom stereocenters. The molecule has 0 saturated heterocycles. The summed E-state index contributed by atoms with van der Waals surface area (Å²) in [7, 11) is 0. The highest BCUT2D eigenvalue weighted by molar-refractivity contribution is 6.02. The van der Waals surface area contributed by atoms with Gasteiger partial charge in [-0.15, -0.1) is 0 Å². The first-order valence-electron chi connectivity index (χ1n) is 8.24. The summed E-state index contributed by atoms with van der Waals surface area (Å²) in [5.74, 6) is 0.499. The molecule has 0 aliphatic heterocycles. The van der Waals surface area contributed by atoms with Crippen LogP contribution in [-0.2, 0) is 14.3 Å². The number of ether oxygens (including phenoxy) is 3. The van der Waals surface area contributed by atoms with Gasteiger partial charge in [-0.3, -0.25) is 4.79 Å². The fourth-order valence-corrected chi connectivity index (χ4v) is 1.99. The number of hydrogen-bond donors (Lipinski definition) is 1. The van der Waals surface area contributed by atoms with E-state index in [-0.39, 0.29) is 6.61 Å². The second-order valence-corrected chi connectivity index (χ2v) is 5.11. The van der Waals surface area contributed by atoms with E-state index >= 15 is 0 Å². The zero-order valence-electron chi connectivity index (χ0n) is 14.5. The van der Waals surface area contributed by atoms with Crippen LogP contribution in [0.4, 0.5) is 5.69 Å². The molecule has 0 heterocycles. The van der Waals surface area contributed by atoms with Crippen LogP contribution < -0.4 is 14.8 Å². The standard InChI is InChI=1S/C20H21NO5/c1-2-24-20(23)13-12-19(22)21-16-8-10-18(11-9-16)26-15-14-25-17-6-4-3-5-7-17/h3-13H,2,14-15H2,1H3,(H,21,22). The van der Waals surface area contributed by atoms with Gasteiger partial charge in [0.05, 0.1) is 6.61 Å². The first-order chi connectivity index (χ1) is 12.7. The third kappa shape index (κ3) is 7.09. The van der Waals surface area contributed by atoms with Crippen molar-refractivity contribution in [3.8, 4) is 11.5 Å². The molecule has 6 heteroatoms. The van der Waals surface area contributed by atoms with Crippen molar-refractivity contribution in [1.82, 2.24) is 0 Å². The van der Waals surface area contributed by atoms with Crippen LogP contribution in [0.15, 0.2) is 66.7 Å². The van der Waals surface area contributed by atoms with Crippen LogP contribution in [0.2, 0.25) is 0 Å². The molecule has 1 N–H and O–H groups in total. The number of esters is 1. The summed E-state index contributed by atoms with van der Waals surface area (Å²) in [5, 5.41) is 2.64. The molecule has 0 aliphatic rings. The summed E-state index contributed by atoms with van der Waals surface area (Å²) >= 11 is 0. The highest BCUT2D eigenvalue weighted by Crippen LogP contribution is 2.16. The summed E-state index contributed by atoms with van der Waals surface area (Å²) in [6, 6.07) is 16.4. The van der Waals surface area contributed by atoms with Gasteiger partial charge in [-0.25, -0.2) is 4.79 Å². The predicted molar refractivity (Wildman–Crippen MR) is 98.3 cm³/mol. The Morgan fingerprint density at radius 3 is 2.12 bits per heavy atom. The second kappa shape index (κ2) is 10.6. The first-order valence-corrected chi connectivity index (χ1v) is 8.24. The lowest BCUT2D eigenvalue weighted by atomic mass is 10.3. The lowest BCUT2D eigenvalue weighted by Crippen LogP contribution is -2.10. The number of nitrogens with one attached hydrogen (secondary N) is 1. The Morgan fingerprint density at radius 1 is 0.885 bits per heavy atom. The molecule has 2 rings (SSSR count). The topological polar surface area (TPSA) is 73.9 Å². The minimum absolute atomic E-state index is 0.267. The Labute approximate surface area is 152 Å². The molecule has 0 fully saturated rings. The van der Waals surface area contributed by atoms with Gasteiger partial charge in [0.15, 0.2) is 0 Å². The van der Waals surface area contributed by atoms with Crippen molar-refractivity contribution in [3.05, 3.63) is 66.7 Å². The predicted octanol–water partition coefficient (Wildman–Crippen LogP) is 3.20. The van der Waals surface area contributed by atoms with Crippen molar-refractivity contribution < 1.29 is 23.8 Å².